The molecule has 0 radical (unpaired) electrons. The molecule has 2 amide bonds. The van der Waals surface area contributed by atoms with Crippen LogP contribution in [0.3, 0.4) is 0 Å². The highest BCUT2D eigenvalue weighted by atomic mass is 16.5. The van der Waals surface area contributed by atoms with Crippen molar-refractivity contribution in [2.75, 3.05) is 46.0 Å². The Morgan fingerprint density at radius 2 is 1.82 bits per heavy atom. The molecule has 3 fully saturated rings. The Kier molecular flexibility index (Phi) is 11.2. The summed E-state index contributed by atoms with van der Waals surface area (Å²) in [5.41, 5.74) is 0.306. The van der Waals surface area contributed by atoms with Gasteiger partial charge < -0.3 is 19.7 Å². The number of piperidine rings is 1. The van der Waals surface area contributed by atoms with Crippen LogP contribution in [-0.4, -0.2) is 85.3 Å². The molecule has 1 aromatic rings. The van der Waals surface area contributed by atoms with Gasteiger partial charge in [0, 0.05) is 32.7 Å². The first kappa shape index (κ1) is 29.8. The maximum absolute atomic E-state index is 13.9. The van der Waals surface area contributed by atoms with E-state index in [1.54, 1.807) is 6.92 Å². The zero-order valence-corrected chi connectivity index (χ0v) is 23.8. The van der Waals surface area contributed by atoms with Crippen molar-refractivity contribution in [2.24, 2.45) is 10.9 Å². The number of morpholine rings is 1. The summed E-state index contributed by atoms with van der Waals surface area (Å²) in [7, 11) is 0. The predicted octanol–water partition coefficient (Wildman–Crippen LogP) is 3.43. The van der Waals surface area contributed by atoms with Gasteiger partial charge in [-0.25, -0.2) is 9.79 Å². The lowest BCUT2D eigenvalue weighted by atomic mass is 9.84. The smallest absolute Gasteiger partial charge is 0.413 e. The number of carbonyl (C=O) groups is 2. The molecule has 3 aliphatic rings. The summed E-state index contributed by atoms with van der Waals surface area (Å²) in [6.45, 7) is 6.40. The molecule has 2 heterocycles. The van der Waals surface area contributed by atoms with Gasteiger partial charge in [-0.15, -0.1) is 0 Å². The number of nitrogens with one attached hydrogen (secondary N) is 2. The molecule has 4 rings (SSSR count). The van der Waals surface area contributed by atoms with Crippen LogP contribution in [0.1, 0.15) is 63.9 Å². The zero-order chi connectivity index (χ0) is 28.2. The number of nitrogens with zero attached hydrogens (tertiary/aromatic N) is 4. The van der Waals surface area contributed by atoms with Crippen LogP contribution in [0.25, 0.3) is 0 Å². The standard InChI is InChI=1S/C30H44N6O4/c1-2-40-29(38)33-28(36-17-19-39-20-18-36)32-26(21-24-9-5-3-6-10-24)27(37)34-30(23-31)13-15-35(16-14-30)22-25-11-7-4-8-12-25/h4,7-8,11-12,24,26H,2-3,5-6,9-10,13-22H2,1H3,(H,34,37)(H,32,33,38)/t26-/m0/s1. The second-order valence-electron chi connectivity index (χ2n) is 11.1. The van der Waals surface area contributed by atoms with Crippen molar-refractivity contribution >= 4 is 18.0 Å². The first-order valence-corrected chi connectivity index (χ1v) is 14.8. The quantitative estimate of drug-likeness (QED) is 0.375. The summed E-state index contributed by atoms with van der Waals surface area (Å²) < 4.78 is 10.6. The highest BCUT2D eigenvalue weighted by Gasteiger charge is 2.38. The van der Waals surface area contributed by atoms with E-state index in [9.17, 15) is 14.9 Å². The fourth-order valence-corrected chi connectivity index (χ4v) is 5.85. The van der Waals surface area contributed by atoms with Crippen molar-refractivity contribution in [3.8, 4) is 6.07 Å². The highest BCUT2D eigenvalue weighted by Crippen LogP contribution is 2.29. The summed E-state index contributed by atoms with van der Waals surface area (Å²) in [6.07, 6.45) is 6.76. The predicted molar refractivity (Wildman–Crippen MR) is 152 cm³/mol. The van der Waals surface area contributed by atoms with Gasteiger partial charge in [-0.05, 0) is 37.7 Å². The van der Waals surface area contributed by atoms with E-state index >= 15 is 0 Å². The number of hydrogen-bond donors (Lipinski definition) is 2. The van der Waals surface area contributed by atoms with Crippen molar-refractivity contribution in [3.05, 3.63) is 35.9 Å². The van der Waals surface area contributed by atoms with Gasteiger partial charge in [-0.2, -0.15) is 5.26 Å². The summed E-state index contributed by atoms with van der Waals surface area (Å²) >= 11 is 0. The SMILES string of the molecule is CCOC(=O)NC(=N[C@@H](CC1CCCCC1)C(=O)NC1(C#N)CCN(Cc2ccccc2)CC1)N1CCOCC1. The molecule has 10 heteroatoms. The monoisotopic (exact) mass is 552 g/mol. The van der Waals surface area contributed by atoms with Gasteiger partial charge in [0.05, 0.1) is 25.9 Å². The van der Waals surface area contributed by atoms with E-state index < -0.39 is 17.7 Å². The number of alkyl carbamates (subject to hydrolysis) is 1. The van der Waals surface area contributed by atoms with E-state index in [2.05, 4.69) is 33.7 Å². The number of guanidine groups is 1. The van der Waals surface area contributed by atoms with Crippen LogP contribution in [0, 0.1) is 17.2 Å². The molecule has 218 valence electrons. The Hall–Kier alpha value is -3.16. The average Bonchev–Trinajstić information content (AvgIpc) is 2.99. The molecule has 1 saturated carbocycles. The molecule has 40 heavy (non-hydrogen) atoms. The van der Waals surface area contributed by atoms with E-state index in [1.807, 2.05) is 23.1 Å². The van der Waals surface area contributed by atoms with Crippen LogP contribution in [0.15, 0.2) is 35.3 Å². The number of nitriles is 1. The Bertz CT molecular complexity index is 1020. The summed E-state index contributed by atoms with van der Waals surface area (Å²) in [5, 5.41) is 16.1. The summed E-state index contributed by atoms with van der Waals surface area (Å²) in [6, 6.07) is 12.0. The maximum Gasteiger partial charge on any atom is 0.413 e. The Balaban J connectivity index is 1.49. The van der Waals surface area contributed by atoms with E-state index in [-0.39, 0.29) is 12.5 Å². The maximum atomic E-state index is 13.9. The Morgan fingerprint density at radius 1 is 1.12 bits per heavy atom. The van der Waals surface area contributed by atoms with Gasteiger partial charge in [0.1, 0.15) is 11.6 Å². The number of ether oxygens (including phenoxy) is 2. The molecule has 2 N–H and O–H groups in total. The molecule has 1 aromatic carbocycles. The van der Waals surface area contributed by atoms with Crippen LogP contribution in [0.5, 0.6) is 0 Å². The van der Waals surface area contributed by atoms with Gasteiger partial charge in [0.25, 0.3) is 0 Å². The van der Waals surface area contributed by atoms with E-state index in [0.29, 0.717) is 57.4 Å². The van der Waals surface area contributed by atoms with Crippen LogP contribution in [0.4, 0.5) is 4.79 Å². The van der Waals surface area contributed by atoms with E-state index in [1.165, 1.54) is 12.0 Å². The third-order valence-electron chi connectivity index (χ3n) is 8.20. The van der Waals surface area contributed by atoms with Crippen LogP contribution in [-0.2, 0) is 20.8 Å². The van der Waals surface area contributed by atoms with Crippen molar-refractivity contribution < 1.29 is 19.1 Å². The van der Waals surface area contributed by atoms with Crippen LogP contribution < -0.4 is 10.6 Å². The topological polar surface area (TPSA) is 119 Å². The normalized spacial score (nSPS) is 21.2. The molecule has 2 aliphatic heterocycles. The third-order valence-corrected chi connectivity index (χ3v) is 8.20. The number of hydrogen-bond acceptors (Lipinski definition) is 7. The third kappa shape index (κ3) is 8.67. The lowest BCUT2D eigenvalue weighted by molar-refractivity contribution is -0.124. The van der Waals surface area contributed by atoms with Gasteiger partial charge >= 0.3 is 6.09 Å². The fourth-order valence-electron chi connectivity index (χ4n) is 5.85. The second kappa shape index (κ2) is 15.0. The minimum Gasteiger partial charge on any atom is -0.450 e. The lowest BCUT2D eigenvalue weighted by Crippen LogP contribution is -2.57. The fraction of sp³-hybridized carbons (Fsp3) is 0.667. The number of benzene rings is 1. The number of likely N-dealkylation sites (tertiary alicyclic amines) is 1. The molecule has 0 unspecified atom stereocenters. The number of rotatable bonds is 8. The minimum atomic E-state index is -0.932. The van der Waals surface area contributed by atoms with Gasteiger partial charge in [-0.3, -0.25) is 15.0 Å². The van der Waals surface area contributed by atoms with Crippen molar-refractivity contribution in [3.63, 3.8) is 0 Å². The van der Waals surface area contributed by atoms with Gasteiger partial charge in [0.2, 0.25) is 11.9 Å². The molecule has 0 aromatic heterocycles. The average molecular weight is 553 g/mol. The van der Waals surface area contributed by atoms with Gasteiger partial charge in [-0.1, -0.05) is 62.4 Å². The first-order valence-electron chi connectivity index (χ1n) is 14.8. The highest BCUT2D eigenvalue weighted by molar-refractivity contribution is 5.96. The number of carbonyl (C=O) groups excluding carboxylic acids is 2. The molecule has 0 spiro atoms. The number of amides is 2. The summed E-state index contributed by atoms with van der Waals surface area (Å²) in [5.74, 6) is 0.467. The molecule has 1 aliphatic carbocycles. The second-order valence-corrected chi connectivity index (χ2v) is 11.1. The minimum absolute atomic E-state index is 0.236. The van der Waals surface area contributed by atoms with E-state index in [4.69, 9.17) is 14.5 Å². The Labute approximate surface area is 238 Å². The van der Waals surface area contributed by atoms with Crippen molar-refractivity contribution in [2.45, 2.75) is 76.4 Å². The molecule has 0 bridgehead atoms. The first-order chi connectivity index (χ1) is 19.5. The molecular weight excluding hydrogens is 508 g/mol. The van der Waals surface area contributed by atoms with Crippen LogP contribution >= 0.6 is 0 Å². The van der Waals surface area contributed by atoms with Crippen molar-refractivity contribution in [1.29, 1.82) is 5.26 Å². The molecule has 2 saturated heterocycles. The Morgan fingerprint density at radius 3 is 2.48 bits per heavy atom. The van der Waals surface area contributed by atoms with Crippen LogP contribution in [0.2, 0.25) is 0 Å². The van der Waals surface area contributed by atoms with Gasteiger partial charge in [0.15, 0.2) is 0 Å². The summed E-state index contributed by atoms with van der Waals surface area (Å²) in [4.78, 5) is 35.4. The molecule has 10 nitrogen and oxygen atoms in total. The zero-order valence-electron chi connectivity index (χ0n) is 23.8. The largest absolute Gasteiger partial charge is 0.450 e. The number of aliphatic imine (C=N–C) groups is 1. The lowest BCUT2D eigenvalue weighted by Gasteiger charge is -2.38. The molecule has 1 atom stereocenters. The molecular formula is C30H44N6O4. The van der Waals surface area contributed by atoms with Crippen molar-refractivity contribution in [1.82, 2.24) is 20.4 Å². The van der Waals surface area contributed by atoms with E-state index in [0.717, 1.165) is 45.3 Å².